The number of esters is 1. The average molecular weight is 298 g/mol. The van der Waals surface area contributed by atoms with Crippen LogP contribution in [-0.2, 0) is 14.2 Å². The molecule has 1 aliphatic rings. The first-order valence-corrected chi connectivity index (χ1v) is 6.76. The van der Waals surface area contributed by atoms with Crippen LogP contribution >= 0.6 is 0 Å². The van der Waals surface area contributed by atoms with Crippen molar-refractivity contribution in [3.05, 3.63) is 27.8 Å². The Balaban J connectivity index is 2.32. The highest BCUT2D eigenvalue weighted by Crippen LogP contribution is 2.31. The summed E-state index contributed by atoms with van der Waals surface area (Å²) in [5, 5.41) is 0. The van der Waals surface area contributed by atoms with E-state index in [1.165, 1.54) is 7.11 Å². The number of carbonyl (C=O) groups excluding carboxylic acids is 1. The van der Waals surface area contributed by atoms with Gasteiger partial charge < -0.3 is 23.4 Å². The summed E-state index contributed by atoms with van der Waals surface area (Å²) in [7, 11) is 1.20. The molecule has 7 heteroatoms. The first-order chi connectivity index (χ1) is 10.1. The number of hydrogen-bond donors (Lipinski definition) is 0. The van der Waals surface area contributed by atoms with E-state index in [9.17, 15) is 9.59 Å². The van der Waals surface area contributed by atoms with Crippen molar-refractivity contribution >= 4 is 5.97 Å². The molecule has 0 spiro atoms. The number of methoxy groups -OCH3 is 1. The SMILES string of the molecule is CCCCOc1c(C(=O)OC)occ(C2OC(C)O2)c1=O. The molecule has 1 fully saturated rings. The van der Waals surface area contributed by atoms with E-state index in [2.05, 4.69) is 4.74 Å². The van der Waals surface area contributed by atoms with Crippen LogP contribution < -0.4 is 10.2 Å². The molecule has 0 aliphatic carbocycles. The van der Waals surface area contributed by atoms with E-state index in [1.807, 2.05) is 6.92 Å². The summed E-state index contributed by atoms with van der Waals surface area (Å²) >= 11 is 0. The highest BCUT2D eigenvalue weighted by Gasteiger charge is 2.34. The van der Waals surface area contributed by atoms with E-state index in [1.54, 1.807) is 6.92 Å². The van der Waals surface area contributed by atoms with Gasteiger partial charge in [0.05, 0.1) is 19.3 Å². The molecule has 0 amide bonds. The van der Waals surface area contributed by atoms with Crippen LogP contribution in [-0.4, -0.2) is 26.0 Å². The predicted molar refractivity (Wildman–Crippen MR) is 71.1 cm³/mol. The van der Waals surface area contributed by atoms with Gasteiger partial charge in [-0.25, -0.2) is 4.79 Å². The molecule has 0 bridgehead atoms. The average Bonchev–Trinajstić information content (AvgIpc) is 2.45. The summed E-state index contributed by atoms with van der Waals surface area (Å²) in [6.45, 7) is 4.00. The third-order valence-corrected chi connectivity index (χ3v) is 2.98. The van der Waals surface area contributed by atoms with Gasteiger partial charge in [-0.2, -0.15) is 0 Å². The molecule has 7 nitrogen and oxygen atoms in total. The highest BCUT2D eigenvalue weighted by molar-refractivity contribution is 5.89. The molecule has 116 valence electrons. The summed E-state index contributed by atoms with van der Waals surface area (Å²) in [6.07, 6.45) is 1.61. The van der Waals surface area contributed by atoms with Crippen LogP contribution in [0, 0.1) is 0 Å². The number of hydrogen-bond acceptors (Lipinski definition) is 7. The van der Waals surface area contributed by atoms with Gasteiger partial charge in [0.2, 0.25) is 11.2 Å². The molecular weight excluding hydrogens is 280 g/mol. The van der Waals surface area contributed by atoms with Gasteiger partial charge in [0.1, 0.15) is 6.26 Å². The van der Waals surface area contributed by atoms with Crippen LogP contribution in [0.15, 0.2) is 15.5 Å². The van der Waals surface area contributed by atoms with Gasteiger partial charge in [0, 0.05) is 0 Å². The topological polar surface area (TPSA) is 84.2 Å². The highest BCUT2D eigenvalue weighted by atomic mass is 16.9. The molecule has 1 saturated heterocycles. The molecular formula is C14H18O7. The van der Waals surface area contributed by atoms with Gasteiger partial charge in [-0.3, -0.25) is 4.79 Å². The molecule has 2 rings (SSSR count). The van der Waals surface area contributed by atoms with Gasteiger partial charge in [-0.1, -0.05) is 13.3 Å². The minimum atomic E-state index is -0.795. The largest absolute Gasteiger partial charge is 0.486 e. The molecule has 0 N–H and O–H groups in total. The lowest BCUT2D eigenvalue weighted by atomic mass is 10.2. The summed E-state index contributed by atoms with van der Waals surface area (Å²) in [6, 6.07) is 0. The Morgan fingerprint density at radius 3 is 2.67 bits per heavy atom. The minimum absolute atomic E-state index is 0.159. The predicted octanol–water partition coefficient (Wildman–Crippen LogP) is 2.00. The quantitative estimate of drug-likeness (QED) is 0.586. The molecule has 21 heavy (non-hydrogen) atoms. The molecule has 2 heterocycles. The zero-order valence-corrected chi connectivity index (χ0v) is 12.2. The van der Waals surface area contributed by atoms with E-state index in [4.69, 9.17) is 18.6 Å². The number of ether oxygens (including phenoxy) is 4. The molecule has 0 aromatic carbocycles. The lowest BCUT2D eigenvalue weighted by Gasteiger charge is -2.33. The molecule has 0 radical (unpaired) electrons. The van der Waals surface area contributed by atoms with Crippen molar-refractivity contribution in [1.29, 1.82) is 0 Å². The summed E-state index contributed by atoms with van der Waals surface area (Å²) < 4.78 is 25.7. The number of carbonyl (C=O) groups is 1. The summed E-state index contributed by atoms with van der Waals surface area (Å²) in [4.78, 5) is 24.0. The van der Waals surface area contributed by atoms with Crippen molar-refractivity contribution in [2.75, 3.05) is 13.7 Å². The Bertz CT molecular complexity index is 557. The second kappa shape index (κ2) is 6.73. The molecule has 1 aromatic rings. The molecule has 0 unspecified atom stereocenters. The van der Waals surface area contributed by atoms with E-state index in [-0.39, 0.29) is 23.4 Å². The van der Waals surface area contributed by atoms with Gasteiger partial charge >= 0.3 is 5.97 Å². The maximum Gasteiger partial charge on any atom is 0.378 e. The van der Waals surface area contributed by atoms with Gasteiger partial charge in [0.15, 0.2) is 12.6 Å². The molecule has 1 aliphatic heterocycles. The van der Waals surface area contributed by atoms with E-state index < -0.39 is 17.7 Å². The first kappa shape index (κ1) is 15.5. The fraction of sp³-hybridized carbons (Fsp3) is 0.571. The van der Waals surface area contributed by atoms with Crippen molar-refractivity contribution in [2.45, 2.75) is 39.3 Å². The minimum Gasteiger partial charge on any atom is -0.486 e. The smallest absolute Gasteiger partial charge is 0.378 e. The second-order valence-corrected chi connectivity index (χ2v) is 4.54. The van der Waals surface area contributed by atoms with Crippen molar-refractivity contribution in [3.63, 3.8) is 0 Å². The van der Waals surface area contributed by atoms with Crippen LogP contribution in [0.25, 0.3) is 0 Å². The van der Waals surface area contributed by atoms with Crippen LogP contribution in [0.3, 0.4) is 0 Å². The van der Waals surface area contributed by atoms with Crippen molar-refractivity contribution < 1.29 is 28.2 Å². The number of unbranched alkanes of at least 4 members (excludes halogenated alkanes) is 1. The van der Waals surface area contributed by atoms with E-state index in [0.717, 1.165) is 19.1 Å². The van der Waals surface area contributed by atoms with Crippen LogP contribution in [0.5, 0.6) is 5.75 Å². The third-order valence-electron chi connectivity index (χ3n) is 2.98. The monoisotopic (exact) mass is 298 g/mol. The maximum atomic E-state index is 12.4. The molecule has 0 atom stereocenters. The second-order valence-electron chi connectivity index (χ2n) is 4.54. The zero-order valence-electron chi connectivity index (χ0n) is 12.2. The summed E-state index contributed by atoms with van der Waals surface area (Å²) in [5.41, 5.74) is -0.332. The van der Waals surface area contributed by atoms with Crippen molar-refractivity contribution in [1.82, 2.24) is 0 Å². The Morgan fingerprint density at radius 1 is 1.38 bits per heavy atom. The van der Waals surface area contributed by atoms with Gasteiger partial charge in [-0.05, 0) is 13.3 Å². The maximum absolute atomic E-state index is 12.4. The molecule has 1 aromatic heterocycles. The standard InChI is InChI=1S/C14H18O7/c1-4-5-6-18-11-10(15)9(14-20-8(2)21-14)7-19-12(11)13(16)17-3/h7-8,14H,4-6H2,1-3H3. The Morgan fingerprint density at radius 2 is 2.10 bits per heavy atom. The van der Waals surface area contributed by atoms with E-state index >= 15 is 0 Å². The van der Waals surface area contributed by atoms with Crippen LogP contribution in [0.2, 0.25) is 0 Å². The normalized spacial score (nSPS) is 20.7. The lowest BCUT2D eigenvalue weighted by molar-refractivity contribution is -0.383. The van der Waals surface area contributed by atoms with Crippen LogP contribution in [0.1, 0.15) is 49.1 Å². The fourth-order valence-corrected chi connectivity index (χ4v) is 1.81. The lowest BCUT2D eigenvalue weighted by Crippen LogP contribution is -2.35. The van der Waals surface area contributed by atoms with Crippen molar-refractivity contribution in [3.8, 4) is 5.75 Å². The van der Waals surface area contributed by atoms with E-state index in [0.29, 0.717) is 6.61 Å². The third kappa shape index (κ3) is 3.25. The summed E-state index contributed by atoms with van der Waals surface area (Å²) in [5.74, 6) is -1.19. The fourth-order valence-electron chi connectivity index (χ4n) is 1.81. The Kier molecular flexibility index (Phi) is 4.98. The van der Waals surface area contributed by atoms with Crippen molar-refractivity contribution in [2.24, 2.45) is 0 Å². The van der Waals surface area contributed by atoms with Gasteiger partial charge in [-0.15, -0.1) is 0 Å². The van der Waals surface area contributed by atoms with Crippen LogP contribution in [0.4, 0.5) is 0 Å². The van der Waals surface area contributed by atoms with Gasteiger partial charge in [0.25, 0.3) is 5.76 Å². The number of rotatable bonds is 6. The first-order valence-electron chi connectivity index (χ1n) is 6.76. The Labute approximate surface area is 121 Å². The molecule has 0 saturated carbocycles. The zero-order chi connectivity index (χ0) is 15.4. The Hall–Kier alpha value is -1.86.